The maximum absolute atomic E-state index is 13.8. The predicted octanol–water partition coefficient (Wildman–Crippen LogP) is 5.18. The van der Waals surface area contributed by atoms with Crippen LogP contribution in [0, 0.1) is 24.4 Å². The average molecular weight is 479 g/mol. The lowest BCUT2D eigenvalue weighted by molar-refractivity contribution is -0.115. The lowest BCUT2D eigenvalue weighted by Gasteiger charge is -2.06. The fourth-order valence-electron chi connectivity index (χ4n) is 3.39. The van der Waals surface area contributed by atoms with Crippen molar-refractivity contribution >= 4 is 17.5 Å². The fourth-order valence-corrected chi connectivity index (χ4v) is 3.39. The van der Waals surface area contributed by atoms with E-state index in [0.29, 0.717) is 34.8 Å². The zero-order valence-corrected chi connectivity index (χ0v) is 18.6. The Hall–Kier alpha value is -4.40. The normalized spacial score (nSPS) is 10.7. The summed E-state index contributed by atoms with van der Waals surface area (Å²) in [6.45, 7) is 1.44. The summed E-state index contributed by atoms with van der Waals surface area (Å²) in [5.74, 6) is -4.67. The highest BCUT2D eigenvalue weighted by Crippen LogP contribution is 2.24. The van der Waals surface area contributed by atoms with Crippen molar-refractivity contribution in [2.45, 2.75) is 19.9 Å². The van der Waals surface area contributed by atoms with Crippen molar-refractivity contribution in [1.29, 1.82) is 0 Å². The smallest absolute Gasteiger partial charge is 0.257 e. The van der Waals surface area contributed by atoms with Gasteiger partial charge in [-0.3, -0.25) is 9.59 Å². The van der Waals surface area contributed by atoms with Crippen LogP contribution in [0.5, 0.6) is 0 Å². The molecule has 1 aromatic heterocycles. The van der Waals surface area contributed by atoms with Crippen LogP contribution < -0.4 is 10.6 Å². The van der Waals surface area contributed by atoms with Crippen LogP contribution in [0.4, 0.5) is 18.9 Å². The third-order valence-electron chi connectivity index (χ3n) is 5.20. The minimum atomic E-state index is -1.56. The van der Waals surface area contributed by atoms with Crippen LogP contribution in [0.1, 0.15) is 27.4 Å². The van der Waals surface area contributed by atoms with Crippen molar-refractivity contribution in [2.75, 3.05) is 5.32 Å². The Morgan fingerprint density at radius 3 is 2.31 bits per heavy atom. The fraction of sp³-hybridized carbons (Fsp3) is 0.115. The first-order valence-corrected chi connectivity index (χ1v) is 10.6. The van der Waals surface area contributed by atoms with Gasteiger partial charge in [0.05, 0.1) is 13.0 Å². The molecule has 0 radical (unpaired) electrons. The highest BCUT2D eigenvalue weighted by molar-refractivity contribution is 5.94. The number of oxazole rings is 1. The van der Waals surface area contributed by atoms with Crippen LogP contribution >= 0.6 is 0 Å². The molecule has 1 heterocycles. The molecule has 0 fully saturated rings. The topological polar surface area (TPSA) is 84.2 Å². The van der Waals surface area contributed by atoms with Gasteiger partial charge >= 0.3 is 0 Å². The molecule has 2 amide bonds. The number of nitrogens with zero attached hydrogens (tertiary/aromatic N) is 1. The van der Waals surface area contributed by atoms with Gasteiger partial charge in [0.25, 0.3) is 5.91 Å². The number of amides is 2. The zero-order valence-electron chi connectivity index (χ0n) is 18.6. The molecule has 0 bridgehead atoms. The number of hydrogen-bond acceptors (Lipinski definition) is 4. The van der Waals surface area contributed by atoms with Crippen LogP contribution in [0.3, 0.4) is 0 Å². The van der Waals surface area contributed by atoms with E-state index in [1.165, 1.54) is 0 Å². The van der Waals surface area contributed by atoms with Crippen LogP contribution in [0.25, 0.3) is 11.5 Å². The van der Waals surface area contributed by atoms with Crippen LogP contribution in [0.15, 0.2) is 71.1 Å². The number of aromatic nitrogens is 1. The van der Waals surface area contributed by atoms with Crippen LogP contribution in [-0.2, 0) is 17.8 Å². The second-order valence-corrected chi connectivity index (χ2v) is 7.71. The molecule has 3 aromatic carbocycles. The summed E-state index contributed by atoms with van der Waals surface area (Å²) in [5, 5.41) is 5.15. The number of benzene rings is 3. The van der Waals surface area contributed by atoms with Gasteiger partial charge in [-0.15, -0.1) is 0 Å². The van der Waals surface area contributed by atoms with Gasteiger partial charge in [-0.25, -0.2) is 18.2 Å². The van der Waals surface area contributed by atoms with E-state index in [-0.39, 0.29) is 24.8 Å². The Labute approximate surface area is 198 Å². The van der Waals surface area contributed by atoms with Crippen molar-refractivity contribution in [1.82, 2.24) is 10.3 Å². The molecule has 9 heteroatoms. The molecule has 0 aliphatic heterocycles. The summed E-state index contributed by atoms with van der Waals surface area (Å²) in [7, 11) is 0. The van der Waals surface area contributed by atoms with E-state index in [9.17, 15) is 22.8 Å². The quantitative estimate of drug-likeness (QED) is 0.358. The van der Waals surface area contributed by atoms with E-state index >= 15 is 0 Å². The molecule has 0 saturated carbocycles. The van der Waals surface area contributed by atoms with Crippen molar-refractivity contribution in [3.63, 3.8) is 0 Å². The van der Waals surface area contributed by atoms with Crippen molar-refractivity contribution < 1.29 is 27.2 Å². The van der Waals surface area contributed by atoms with Gasteiger partial charge in [0.1, 0.15) is 22.8 Å². The number of nitrogens with one attached hydrogen (secondary N) is 2. The SMILES string of the molecule is Cc1oc(-c2ccc(NC(=O)Cc3ccccc3)cc2)nc1CNC(=O)c1c(F)ccc(F)c1F. The number of hydrogen-bond donors (Lipinski definition) is 2. The maximum Gasteiger partial charge on any atom is 0.257 e. The molecule has 0 aliphatic carbocycles. The average Bonchev–Trinajstić information content (AvgIpc) is 3.22. The van der Waals surface area contributed by atoms with E-state index in [1.54, 1.807) is 31.2 Å². The van der Waals surface area contributed by atoms with E-state index in [4.69, 9.17) is 4.42 Å². The van der Waals surface area contributed by atoms with Gasteiger partial charge < -0.3 is 15.1 Å². The Morgan fingerprint density at radius 1 is 0.914 bits per heavy atom. The van der Waals surface area contributed by atoms with Gasteiger partial charge in [0, 0.05) is 11.3 Å². The van der Waals surface area contributed by atoms with E-state index in [0.717, 1.165) is 5.56 Å². The molecule has 4 rings (SSSR count). The molecule has 6 nitrogen and oxygen atoms in total. The summed E-state index contributed by atoms with van der Waals surface area (Å²) < 4.78 is 46.6. The van der Waals surface area contributed by atoms with Gasteiger partial charge in [-0.1, -0.05) is 30.3 Å². The zero-order chi connectivity index (χ0) is 24.9. The van der Waals surface area contributed by atoms with Crippen molar-refractivity contribution in [2.24, 2.45) is 0 Å². The first-order chi connectivity index (χ1) is 16.8. The summed E-state index contributed by atoms with van der Waals surface area (Å²) in [4.78, 5) is 28.7. The number of carbonyl (C=O) groups excluding carboxylic acids is 2. The number of anilines is 1. The second-order valence-electron chi connectivity index (χ2n) is 7.71. The van der Waals surface area contributed by atoms with Gasteiger partial charge in [-0.05, 0) is 48.9 Å². The summed E-state index contributed by atoms with van der Waals surface area (Å²) in [6.07, 6.45) is 0.250. The highest BCUT2D eigenvalue weighted by atomic mass is 19.2. The number of aryl methyl sites for hydroxylation is 1. The molecule has 0 unspecified atom stereocenters. The minimum Gasteiger partial charge on any atom is -0.441 e. The van der Waals surface area contributed by atoms with Gasteiger partial charge in [0.15, 0.2) is 11.6 Å². The second kappa shape index (κ2) is 10.3. The molecule has 0 spiro atoms. The van der Waals surface area contributed by atoms with Crippen molar-refractivity contribution in [3.05, 3.63) is 107 Å². The maximum atomic E-state index is 13.8. The Balaban J connectivity index is 1.39. The van der Waals surface area contributed by atoms with E-state index in [1.807, 2.05) is 30.3 Å². The predicted molar refractivity (Wildman–Crippen MR) is 123 cm³/mol. The Bertz CT molecular complexity index is 1370. The molecule has 0 saturated heterocycles. The molecule has 0 aliphatic rings. The first kappa shape index (κ1) is 23.7. The summed E-state index contributed by atoms with van der Waals surface area (Å²) >= 11 is 0. The standard InChI is InChI=1S/C26H20F3N3O3/c1-15-21(14-30-25(34)23-19(27)11-12-20(28)24(23)29)32-26(35-15)17-7-9-18(10-8-17)31-22(33)13-16-5-3-2-4-6-16/h2-12H,13-14H2,1H3,(H,30,34)(H,31,33). The molecule has 35 heavy (non-hydrogen) atoms. The van der Waals surface area contributed by atoms with Crippen LogP contribution in [-0.4, -0.2) is 16.8 Å². The lowest BCUT2D eigenvalue weighted by Crippen LogP contribution is -2.26. The van der Waals surface area contributed by atoms with Crippen molar-refractivity contribution in [3.8, 4) is 11.5 Å². The summed E-state index contributed by atoms with van der Waals surface area (Å²) in [6, 6.07) is 17.5. The summed E-state index contributed by atoms with van der Waals surface area (Å²) in [5.41, 5.74) is 1.46. The lowest BCUT2D eigenvalue weighted by atomic mass is 10.1. The van der Waals surface area contributed by atoms with E-state index < -0.39 is 28.9 Å². The molecule has 2 N–H and O–H groups in total. The molecule has 4 aromatic rings. The third kappa shape index (κ3) is 5.57. The first-order valence-electron chi connectivity index (χ1n) is 10.6. The Kier molecular flexibility index (Phi) is 6.96. The molecular weight excluding hydrogens is 459 g/mol. The highest BCUT2D eigenvalue weighted by Gasteiger charge is 2.21. The third-order valence-corrected chi connectivity index (χ3v) is 5.20. The molecular formula is C26H20F3N3O3. The molecule has 0 atom stereocenters. The largest absolute Gasteiger partial charge is 0.441 e. The number of rotatable bonds is 7. The number of halogens is 3. The monoisotopic (exact) mass is 479 g/mol. The number of carbonyl (C=O) groups is 2. The molecule has 178 valence electrons. The van der Waals surface area contributed by atoms with E-state index in [2.05, 4.69) is 15.6 Å². The minimum absolute atomic E-state index is 0.153. The van der Waals surface area contributed by atoms with Gasteiger partial charge in [0.2, 0.25) is 11.8 Å². The van der Waals surface area contributed by atoms with Crippen LogP contribution in [0.2, 0.25) is 0 Å². The van der Waals surface area contributed by atoms with Gasteiger partial charge in [-0.2, -0.15) is 0 Å². The Morgan fingerprint density at radius 2 is 1.60 bits per heavy atom.